The Balaban J connectivity index is 2.28. The predicted octanol–water partition coefficient (Wildman–Crippen LogP) is 1.76. The molecule has 2 aromatic rings. The SMILES string of the molecule is CNS(=O)(=O)c1cc(C(=O)Nc2cccc(OCC#N)c2)ccc1OC. The number of anilines is 1. The third kappa shape index (κ3) is 4.50. The monoisotopic (exact) mass is 375 g/mol. The average molecular weight is 375 g/mol. The van der Waals surface area contributed by atoms with Gasteiger partial charge in [0.05, 0.1) is 7.11 Å². The summed E-state index contributed by atoms with van der Waals surface area (Å²) in [6.07, 6.45) is 0. The topological polar surface area (TPSA) is 118 Å². The van der Waals surface area contributed by atoms with Crippen LogP contribution in [0.5, 0.6) is 11.5 Å². The summed E-state index contributed by atoms with van der Waals surface area (Å²) in [6, 6.07) is 12.5. The second-order valence-corrected chi connectivity index (χ2v) is 6.86. The maximum Gasteiger partial charge on any atom is 0.255 e. The molecular weight excluding hydrogens is 358 g/mol. The summed E-state index contributed by atoms with van der Waals surface area (Å²) in [5.74, 6) is 0.0537. The van der Waals surface area contributed by atoms with E-state index in [1.165, 1.54) is 32.4 Å². The van der Waals surface area contributed by atoms with Crippen molar-refractivity contribution in [3.63, 3.8) is 0 Å². The van der Waals surface area contributed by atoms with Gasteiger partial charge in [-0.3, -0.25) is 4.79 Å². The van der Waals surface area contributed by atoms with Gasteiger partial charge in [0, 0.05) is 17.3 Å². The third-order valence-electron chi connectivity index (χ3n) is 3.38. The first-order chi connectivity index (χ1) is 12.4. The number of hydrogen-bond acceptors (Lipinski definition) is 6. The molecule has 0 spiro atoms. The van der Waals surface area contributed by atoms with E-state index >= 15 is 0 Å². The predicted molar refractivity (Wildman–Crippen MR) is 94.7 cm³/mol. The van der Waals surface area contributed by atoms with Crippen molar-refractivity contribution in [3.8, 4) is 17.6 Å². The number of benzene rings is 2. The fourth-order valence-corrected chi connectivity index (χ4v) is 3.04. The highest BCUT2D eigenvalue weighted by Crippen LogP contribution is 2.25. The zero-order valence-corrected chi connectivity index (χ0v) is 15.0. The summed E-state index contributed by atoms with van der Waals surface area (Å²) in [5.41, 5.74) is 0.585. The molecule has 26 heavy (non-hydrogen) atoms. The molecule has 0 aromatic heterocycles. The molecule has 0 fully saturated rings. The van der Waals surface area contributed by atoms with Gasteiger partial charge in [-0.15, -0.1) is 0 Å². The Labute approximate surface area is 151 Å². The Kier molecular flexibility index (Phi) is 6.16. The summed E-state index contributed by atoms with van der Waals surface area (Å²) in [7, 11) is -1.18. The number of carbonyl (C=O) groups excluding carboxylic acids is 1. The largest absolute Gasteiger partial charge is 0.495 e. The van der Waals surface area contributed by atoms with Crippen LogP contribution in [0.4, 0.5) is 5.69 Å². The van der Waals surface area contributed by atoms with Gasteiger partial charge in [0.15, 0.2) is 6.61 Å². The van der Waals surface area contributed by atoms with Crippen molar-refractivity contribution >= 4 is 21.6 Å². The number of methoxy groups -OCH3 is 1. The Morgan fingerprint density at radius 1 is 1.23 bits per heavy atom. The number of carbonyl (C=O) groups is 1. The van der Waals surface area contributed by atoms with E-state index < -0.39 is 15.9 Å². The van der Waals surface area contributed by atoms with Gasteiger partial charge in [0.2, 0.25) is 10.0 Å². The van der Waals surface area contributed by atoms with Crippen LogP contribution in [-0.2, 0) is 10.0 Å². The number of hydrogen-bond donors (Lipinski definition) is 2. The molecule has 0 saturated carbocycles. The molecule has 0 aliphatic heterocycles. The van der Waals surface area contributed by atoms with Crippen LogP contribution in [0.15, 0.2) is 47.4 Å². The molecule has 0 radical (unpaired) electrons. The lowest BCUT2D eigenvalue weighted by molar-refractivity contribution is 0.102. The van der Waals surface area contributed by atoms with E-state index in [0.717, 1.165) is 0 Å². The van der Waals surface area contributed by atoms with Gasteiger partial charge in [0.1, 0.15) is 22.5 Å². The quantitative estimate of drug-likeness (QED) is 0.761. The number of nitrogens with one attached hydrogen (secondary N) is 2. The average Bonchev–Trinajstić information content (AvgIpc) is 2.66. The minimum Gasteiger partial charge on any atom is -0.495 e. The highest BCUT2D eigenvalue weighted by molar-refractivity contribution is 7.89. The molecule has 0 saturated heterocycles. The fraction of sp³-hybridized carbons (Fsp3) is 0.176. The van der Waals surface area contributed by atoms with Gasteiger partial charge in [-0.05, 0) is 37.4 Å². The van der Waals surface area contributed by atoms with E-state index in [2.05, 4.69) is 10.0 Å². The van der Waals surface area contributed by atoms with Crippen molar-refractivity contribution in [1.29, 1.82) is 5.26 Å². The molecule has 0 unspecified atom stereocenters. The fourth-order valence-electron chi connectivity index (χ4n) is 2.12. The van der Waals surface area contributed by atoms with Crippen molar-refractivity contribution in [2.45, 2.75) is 4.90 Å². The first kappa shape index (κ1) is 19.2. The molecule has 2 N–H and O–H groups in total. The van der Waals surface area contributed by atoms with Gasteiger partial charge in [-0.25, -0.2) is 13.1 Å². The van der Waals surface area contributed by atoms with E-state index in [1.54, 1.807) is 24.3 Å². The molecular formula is C17H17N3O5S. The zero-order chi connectivity index (χ0) is 19.2. The summed E-state index contributed by atoms with van der Waals surface area (Å²) in [4.78, 5) is 12.3. The molecule has 8 nitrogen and oxygen atoms in total. The van der Waals surface area contributed by atoms with Crippen LogP contribution in [0.2, 0.25) is 0 Å². The Morgan fingerprint density at radius 2 is 2.00 bits per heavy atom. The van der Waals surface area contributed by atoms with Crippen LogP contribution < -0.4 is 19.5 Å². The van der Waals surface area contributed by atoms with Gasteiger partial charge >= 0.3 is 0 Å². The number of sulfonamides is 1. The number of nitrogens with zero attached hydrogens (tertiary/aromatic N) is 1. The molecule has 0 heterocycles. The van der Waals surface area contributed by atoms with Crippen LogP contribution in [-0.4, -0.2) is 35.1 Å². The van der Waals surface area contributed by atoms with Crippen molar-refractivity contribution in [2.24, 2.45) is 0 Å². The summed E-state index contributed by atoms with van der Waals surface area (Å²) in [6.45, 7) is -0.110. The zero-order valence-electron chi connectivity index (χ0n) is 14.1. The summed E-state index contributed by atoms with van der Waals surface area (Å²) >= 11 is 0. The normalized spacial score (nSPS) is 10.7. The number of rotatable bonds is 7. The van der Waals surface area contributed by atoms with Crippen molar-refractivity contribution < 1.29 is 22.7 Å². The van der Waals surface area contributed by atoms with E-state index in [-0.39, 0.29) is 22.8 Å². The summed E-state index contributed by atoms with van der Waals surface area (Å²) < 4.78 is 36.6. The first-order valence-electron chi connectivity index (χ1n) is 7.44. The summed E-state index contributed by atoms with van der Waals surface area (Å²) in [5, 5.41) is 11.2. The molecule has 9 heteroatoms. The van der Waals surface area contributed by atoms with Crippen LogP contribution >= 0.6 is 0 Å². The third-order valence-corrected chi connectivity index (χ3v) is 4.81. The Morgan fingerprint density at radius 3 is 2.65 bits per heavy atom. The number of amides is 1. The van der Waals surface area contributed by atoms with Gasteiger partial charge < -0.3 is 14.8 Å². The molecule has 0 aliphatic rings. The maximum absolute atomic E-state index is 12.4. The van der Waals surface area contributed by atoms with E-state index in [0.29, 0.717) is 11.4 Å². The number of nitriles is 1. The van der Waals surface area contributed by atoms with Crippen LogP contribution in [0, 0.1) is 11.3 Å². The lowest BCUT2D eigenvalue weighted by Crippen LogP contribution is -2.20. The van der Waals surface area contributed by atoms with E-state index in [1.807, 2.05) is 6.07 Å². The lowest BCUT2D eigenvalue weighted by atomic mass is 10.2. The molecule has 0 atom stereocenters. The van der Waals surface area contributed by atoms with E-state index in [4.69, 9.17) is 14.7 Å². The van der Waals surface area contributed by atoms with Gasteiger partial charge in [-0.1, -0.05) is 6.07 Å². The minimum atomic E-state index is -3.79. The Bertz CT molecular complexity index is 951. The van der Waals surface area contributed by atoms with Gasteiger partial charge in [0.25, 0.3) is 5.91 Å². The maximum atomic E-state index is 12.4. The van der Waals surface area contributed by atoms with Crippen molar-refractivity contribution in [1.82, 2.24) is 4.72 Å². The van der Waals surface area contributed by atoms with Crippen LogP contribution in [0.25, 0.3) is 0 Å². The van der Waals surface area contributed by atoms with Crippen molar-refractivity contribution in [3.05, 3.63) is 48.0 Å². The van der Waals surface area contributed by atoms with Crippen LogP contribution in [0.3, 0.4) is 0 Å². The van der Waals surface area contributed by atoms with Crippen molar-refractivity contribution in [2.75, 3.05) is 26.1 Å². The minimum absolute atomic E-state index is 0.110. The molecule has 136 valence electrons. The van der Waals surface area contributed by atoms with E-state index in [9.17, 15) is 13.2 Å². The highest BCUT2D eigenvalue weighted by atomic mass is 32.2. The lowest BCUT2D eigenvalue weighted by Gasteiger charge is -2.11. The second kappa shape index (κ2) is 8.33. The first-order valence-corrected chi connectivity index (χ1v) is 8.92. The van der Waals surface area contributed by atoms with Crippen LogP contribution in [0.1, 0.15) is 10.4 Å². The standard InChI is InChI=1S/C17H17N3O5S/c1-19-26(22,23)16-10-12(6-7-15(16)24-2)17(21)20-13-4-3-5-14(11-13)25-9-8-18/h3-7,10-11,19H,9H2,1-2H3,(H,20,21). The number of ether oxygens (including phenoxy) is 2. The molecule has 0 bridgehead atoms. The molecule has 2 rings (SSSR count). The Hall–Kier alpha value is -3.09. The highest BCUT2D eigenvalue weighted by Gasteiger charge is 2.20. The van der Waals surface area contributed by atoms with Gasteiger partial charge in [-0.2, -0.15) is 5.26 Å². The molecule has 1 amide bonds. The smallest absolute Gasteiger partial charge is 0.255 e. The molecule has 0 aliphatic carbocycles. The second-order valence-electron chi connectivity index (χ2n) is 5.00. The molecule has 2 aromatic carbocycles.